The molecule has 0 aromatic carbocycles. The molecule has 1 aliphatic carbocycles. The lowest BCUT2D eigenvalue weighted by molar-refractivity contribution is -0.142. The zero-order valence-electron chi connectivity index (χ0n) is 13.4. The Morgan fingerprint density at radius 2 is 1.86 bits per heavy atom. The summed E-state index contributed by atoms with van der Waals surface area (Å²) in [5.74, 6) is -0.0709. The Bertz CT molecular complexity index is 448. The van der Waals surface area contributed by atoms with E-state index in [0.29, 0.717) is 19.7 Å². The second-order valence-corrected chi connectivity index (χ2v) is 6.32. The van der Waals surface area contributed by atoms with Gasteiger partial charge >= 0.3 is 6.03 Å². The van der Waals surface area contributed by atoms with Crippen LogP contribution in [-0.4, -0.2) is 60.5 Å². The van der Waals surface area contributed by atoms with E-state index in [1.54, 1.807) is 6.92 Å². The summed E-state index contributed by atoms with van der Waals surface area (Å²) in [5.41, 5.74) is 0. The van der Waals surface area contributed by atoms with Crippen LogP contribution in [-0.2, 0) is 14.3 Å². The lowest BCUT2D eigenvalue weighted by Crippen LogP contribution is -2.56. The Morgan fingerprint density at radius 1 is 1.18 bits per heavy atom. The summed E-state index contributed by atoms with van der Waals surface area (Å²) >= 11 is 0. The third-order valence-electron chi connectivity index (χ3n) is 3.98. The molecule has 2 N–H and O–H groups in total. The number of carbonyl (C=O) groups is 3. The van der Waals surface area contributed by atoms with Gasteiger partial charge in [-0.2, -0.15) is 0 Å². The van der Waals surface area contributed by atoms with E-state index < -0.39 is 18.2 Å². The van der Waals surface area contributed by atoms with E-state index in [9.17, 15) is 14.4 Å². The SMILES string of the molecule is CC(C)NC(=O)NC(=O)[C@H](C)N1CCO[C@H](C(=O)C2CC2)C1. The highest BCUT2D eigenvalue weighted by atomic mass is 16.5. The Hall–Kier alpha value is -1.47. The van der Waals surface area contributed by atoms with Crippen molar-refractivity contribution in [3.05, 3.63) is 0 Å². The van der Waals surface area contributed by atoms with Crippen LogP contribution in [0.1, 0.15) is 33.6 Å². The number of hydrogen-bond donors (Lipinski definition) is 2. The van der Waals surface area contributed by atoms with Crippen molar-refractivity contribution in [3.63, 3.8) is 0 Å². The minimum absolute atomic E-state index is 0.0352. The molecule has 2 fully saturated rings. The zero-order valence-corrected chi connectivity index (χ0v) is 13.4. The van der Waals surface area contributed by atoms with E-state index in [2.05, 4.69) is 10.6 Å². The quantitative estimate of drug-likeness (QED) is 0.762. The maximum Gasteiger partial charge on any atom is 0.321 e. The van der Waals surface area contributed by atoms with Crippen molar-refractivity contribution in [1.29, 1.82) is 0 Å². The molecular weight excluding hydrogens is 286 g/mol. The average Bonchev–Trinajstić information content (AvgIpc) is 3.29. The lowest BCUT2D eigenvalue weighted by Gasteiger charge is -2.35. The van der Waals surface area contributed by atoms with E-state index in [1.807, 2.05) is 18.7 Å². The Labute approximate surface area is 130 Å². The molecule has 0 radical (unpaired) electrons. The molecule has 2 aliphatic rings. The molecule has 7 heteroatoms. The van der Waals surface area contributed by atoms with E-state index >= 15 is 0 Å². The summed E-state index contributed by atoms with van der Waals surface area (Å²) in [6.45, 7) is 6.80. The van der Waals surface area contributed by atoms with Crippen LogP contribution in [0.15, 0.2) is 0 Å². The number of nitrogens with one attached hydrogen (secondary N) is 2. The third-order valence-corrected chi connectivity index (χ3v) is 3.98. The maximum absolute atomic E-state index is 12.1. The van der Waals surface area contributed by atoms with Crippen molar-refractivity contribution >= 4 is 17.7 Å². The fourth-order valence-electron chi connectivity index (χ4n) is 2.50. The molecule has 1 aliphatic heterocycles. The first-order valence-electron chi connectivity index (χ1n) is 7.89. The maximum atomic E-state index is 12.1. The minimum atomic E-state index is -0.495. The van der Waals surface area contributed by atoms with Gasteiger partial charge in [-0.25, -0.2) is 4.79 Å². The molecule has 0 aromatic rings. The number of morpholine rings is 1. The highest BCUT2D eigenvalue weighted by Gasteiger charge is 2.39. The van der Waals surface area contributed by atoms with Crippen molar-refractivity contribution < 1.29 is 19.1 Å². The minimum Gasteiger partial charge on any atom is -0.368 e. The van der Waals surface area contributed by atoms with Crippen LogP contribution in [0.5, 0.6) is 0 Å². The Balaban J connectivity index is 1.85. The largest absolute Gasteiger partial charge is 0.368 e. The number of rotatable bonds is 5. The first kappa shape index (κ1) is 16.9. The van der Waals surface area contributed by atoms with Gasteiger partial charge in [0.05, 0.1) is 12.6 Å². The highest BCUT2D eigenvalue weighted by Crippen LogP contribution is 2.32. The number of imide groups is 1. The molecule has 1 heterocycles. The van der Waals surface area contributed by atoms with Crippen molar-refractivity contribution in [3.8, 4) is 0 Å². The van der Waals surface area contributed by atoms with Crippen LogP contribution in [0.4, 0.5) is 4.79 Å². The molecule has 1 saturated heterocycles. The number of nitrogens with zero attached hydrogens (tertiary/aromatic N) is 1. The molecule has 7 nitrogen and oxygen atoms in total. The van der Waals surface area contributed by atoms with Crippen molar-refractivity contribution in [2.75, 3.05) is 19.7 Å². The monoisotopic (exact) mass is 311 g/mol. The first-order valence-corrected chi connectivity index (χ1v) is 7.89. The summed E-state index contributed by atoms with van der Waals surface area (Å²) in [6, 6.07) is -1.01. The van der Waals surface area contributed by atoms with Gasteiger partial charge in [-0.05, 0) is 33.6 Å². The fourth-order valence-corrected chi connectivity index (χ4v) is 2.50. The van der Waals surface area contributed by atoms with E-state index in [4.69, 9.17) is 4.74 Å². The number of ether oxygens (including phenoxy) is 1. The molecule has 0 aromatic heterocycles. The predicted octanol–water partition coefficient (Wildman–Crippen LogP) is 0.289. The van der Waals surface area contributed by atoms with Gasteiger partial charge in [-0.1, -0.05) is 0 Å². The number of urea groups is 1. The second kappa shape index (κ2) is 7.19. The second-order valence-electron chi connectivity index (χ2n) is 6.32. The van der Waals surface area contributed by atoms with Crippen LogP contribution in [0, 0.1) is 5.92 Å². The summed E-state index contributed by atoms with van der Waals surface area (Å²) in [7, 11) is 0. The van der Waals surface area contributed by atoms with Gasteiger partial charge in [-0.15, -0.1) is 0 Å². The number of hydrogen-bond acceptors (Lipinski definition) is 5. The molecule has 2 atom stereocenters. The van der Waals surface area contributed by atoms with Crippen LogP contribution in [0.3, 0.4) is 0 Å². The van der Waals surface area contributed by atoms with Gasteiger partial charge in [0, 0.05) is 25.0 Å². The lowest BCUT2D eigenvalue weighted by atomic mass is 10.1. The first-order chi connectivity index (χ1) is 10.4. The standard InChI is InChI=1S/C15H25N3O4/c1-9(2)16-15(21)17-14(20)10(3)18-6-7-22-12(8-18)13(19)11-4-5-11/h9-12H,4-8H2,1-3H3,(H2,16,17,20,21)/t10-,12-/m0/s1. The smallest absolute Gasteiger partial charge is 0.321 e. The Kier molecular flexibility index (Phi) is 5.52. The molecule has 2 rings (SSSR count). The number of ketones is 1. The molecule has 3 amide bonds. The van der Waals surface area contributed by atoms with Crippen molar-refractivity contribution in [1.82, 2.24) is 15.5 Å². The fraction of sp³-hybridized carbons (Fsp3) is 0.800. The van der Waals surface area contributed by atoms with Gasteiger partial charge in [0.2, 0.25) is 5.91 Å². The highest BCUT2D eigenvalue weighted by molar-refractivity contribution is 5.97. The number of carbonyl (C=O) groups excluding carboxylic acids is 3. The van der Waals surface area contributed by atoms with E-state index in [0.717, 1.165) is 12.8 Å². The summed E-state index contributed by atoms with van der Waals surface area (Å²) in [5, 5.41) is 4.94. The topological polar surface area (TPSA) is 87.7 Å². The number of amides is 3. The van der Waals surface area contributed by atoms with Gasteiger partial charge in [0.15, 0.2) is 5.78 Å². The zero-order chi connectivity index (χ0) is 16.3. The molecular formula is C15H25N3O4. The van der Waals surface area contributed by atoms with Crippen molar-refractivity contribution in [2.24, 2.45) is 5.92 Å². The third kappa shape index (κ3) is 4.51. The van der Waals surface area contributed by atoms with Gasteiger partial charge in [0.1, 0.15) is 6.10 Å². The van der Waals surface area contributed by atoms with Crippen LogP contribution in [0.25, 0.3) is 0 Å². The summed E-state index contributed by atoms with van der Waals surface area (Å²) in [4.78, 5) is 37.7. The predicted molar refractivity (Wildman–Crippen MR) is 80.3 cm³/mol. The molecule has 1 saturated carbocycles. The summed E-state index contributed by atoms with van der Waals surface area (Å²) in [6.07, 6.45) is 1.45. The normalized spacial score (nSPS) is 23.9. The molecule has 124 valence electrons. The van der Waals surface area contributed by atoms with Gasteiger partial charge in [-0.3, -0.25) is 19.8 Å². The number of Topliss-reactive ketones (excluding diaryl/α,β-unsaturated/α-hetero) is 1. The summed E-state index contributed by atoms with van der Waals surface area (Å²) < 4.78 is 5.53. The van der Waals surface area contributed by atoms with Crippen LogP contribution >= 0.6 is 0 Å². The van der Waals surface area contributed by atoms with Gasteiger partial charge < -0.3 is 10.1 Å². The van der Waals surface area contributed by atoms with Gasteiger partial charge in [0.25, 0.3) is 0 Å². The molecule has 0 spiro atoms. The van der Waals surface area contributed by atoms with E-state index in [-0.39, 0.29) is 23.7 Å². The van der Waals surface area contributed by atoms with Crippen molar-refractivity contribution in [2.45, 2.75) is 51.8 Å². The Morgan fingerprint density at radius 3 is 2.45 bits per heavy atom. The average molecular weight is 311 g/mol. The molecule has 22 heavy (non-hydrogen) atoms. The van der Waals surface area contributed by atoms with Crippen LogP contribution in [0.2, 0.25) is 0 Å². The van der Waals surface area contributed by atoms with E-state index in [1.165, 1.54) is 0 Å². The van der Waals surface area contributed by atoms with Crippen LogP contribution < -0.4 is 10.6 Å². The molecule has 0 bridgehead atoms. The molecule has 0 unspecified atom stereocenters.